The molecule has 0 saturated carbocycles. The molecular formula is C13H18FNOS. The number of hydrogen-bond acceptors (Lipinski definition) is 1. The van der Waals surface area contributed by atoms with Crippen LogP contribution in [0, 0.1) is 12.7 Å². The van der Waals surface area contributed by atoms with E-state index >= 15 is 0 Å². The average Bonchev–Trinajstić information content (AvgIpc) is 2.20. The van der Waals surface area contributed by atoms with E-state index in [2.05, 4.69) is 4.40 Å². The molecule has 2 nitrogen and oxygen atoms in total. The van der Waals surface area contributed by atoms with Crippen LogP contribution in [0.1, 0.15) is 38.8 Å². The lowest BCUT2D eigenvalue weighted by molar-refractivity contribution is 0.616. The van der Waals surface area contributed by atoms with Crippen LogP contribution in [0.25, 0.3) is 0 Å². The van der Waals surface area contributed by atoms with E-state index in [1.807, 2.05) is 20.8 Å². The summed E-state index contributed by atoms with van der Waals surface area (Å²) in [6.45, 7) is 8.90. The summed E-state index contributed by atoms with van der Waals surface area (Å²) in [6, 6.07) is 5.13. The number of rotatable bonds is 2. The predicted molar refractivity (Wildman–Crippen MR) is 71.2 cm³/mol. The molecule has 0 aliphatic rings. The fourth-order valence-corrected chi connectivity index (χ4v) is 1.86. The summed E-state index contributed by atoms with van der Waals surface area (Å²) >= 11 is 0. The standard InChI is InChI=1S/C13H18FNOS/c1-9-7-6-8-11(12(9)14)10(2)15-17(16)13(3,4)5/h6-8H,1-5H3. The van der Waals surface area contributed by atoms with Crippen molar-refractivity contribution in [3.63, 3.8) is 0 Å². The van der Waals surface area contributed by atoms with Crippen LogP contribution < -0.4 is 0 Å². The highest BCUT2D eigenvalue weighted by Gasteiger charge is 2.19. The second-order valence-corrected chi connectivity index (χ2v) is 6.88. The van der Waals surface area contributed by atoms with Crippen LogP contribution in [0.15, 0.2) is 22.6 Å². The highest BCUT2D eigenvalue weighted by Crippen LogP contribution is 2.17. The third-order valence-electron chi connectivity index (χ3n) is 2.33. The maximum atomic E-state index is 13.8. The van der Waals surface area contributed by atoms with E-state index in [9.17, 15) is 8.60 Å². The Balaban J connectivity index is 3.13. The minimum absolute atomic E-state index is 0.292. The zero-order valence-corrected chi connectivity index (χ0v) is 11.7. The zero-order chi connectivity index (χ0) is 13.2. The molecule has 0 amide bonds. The fourth-order valence-electron chi connectivity index (χ4n) is 1.24. The molecule has 0 spiro atoms. The molecule has 0 heterocycles. The van der Waals surface area contributed by atoms with E-state index in [1.54, 1.807) is 32.0 Å². The maximum absolute atomic E-state index is 13.8. The Hall–Kier alpha value is -1.03. The minimum atomic E-state index is -1.36. The first-order valence-electron chi connectivity index (χ1n) is 5.46. The summed E-state index contributed by atoms with van der Waals surface area (Å²) in [4.78, 5) is 0. The van der Waals surface area contributed by atoms with E-state index in [1.165, 1.54) is 0 Å². The lowest BCUT2D eigenvalue weighted by atomic mass is 10.1. The first kappa shape index (κ1) is 14.0. The Kier molecular flexibility index (Phi) is 4.20. The first-order valence-corrected chi connectivity index (χ1v) is 6.57. The quantitative estimate of drug-likeness (QED) is 0.745. The van der Waals surface area contributed by atoms with Crippen molar-refractivity contribution in [3.8, 4) is 0 Å². The van der Waals surface area contributed by atoms with Crippen molar-refractivity contribution < 1.29 is 8.60 Å². The molecule has 17 heavy (non-hydrogen) atoms. The van der Waals surface area contributed by atoms with Gasteiger partial charge in [-0.2, -0.15) is 4.40 Å². The molecule has 0 N–H and O–H groups in total. The second-order valence-electron chi connectivity index (χ2n) is 4.97. The molecule has 0 aliphatic carbocycles. The number of hydrogen-bond donors (Lipinski definition) is 0. The van der Waals surface area contributed by atoms with E-state index in [4.69, 9.17) is 0 Å². The smallest absolute Gasteiger partial charge is 0.145 e. The van der Waals surface area contributed by atoms with Gasteiger partial charge in [-0.25, -0.2) is 8.60 Å². The van der Waals surface area contributed by atoms with Gasteiger partial charge in [0.2, 0.25) is 0 Å². The minimum Gasteiger partial charge on any atom is -0.234 e. The van der Waals surface area contributed by atoms with Gasteiger partial charge in [0.15, 0.2) is 0 Å². The second kappa shape index (κ2) is 5.08. The molecule has 0 saturated heterocycles. The average molecular weight is 255 g/mol. The van der Waals surface area contributed by atoms with Gasteiger partial charge in [0.05, 0.1) is 10.5 Å². The summed E-state index contributed by atoms with van der Waals surface area (Å²) in [7, 11) is -1.36. The molecule has 1 unspecified atom stereocenters. The van der Waals surface area contributed by atoms with Crippen molar-refractivity contribution >= 4 is 16.7 Å². The Morgan fingerprint density at radius 2 is 1.94 bits per heavy atom. The van der Waals surface area contributed by atoms with Crippen LogP contribution in [0.5, 0.6) is 0 Å². The summed E-state index contributed by atoms with van der Waals surface area (Å²) in [6.07, 6.45) is 0. The van der Waals surface area contributed by atoms with Gasteiger partial charge < -0.3 is 0 Å². The highest BCUT2D eigenvalue weighted by atomic mass is 32.2. The highest BCUT2D eigenvalue weighted by molar-refractivity contribution is 7.85. The van der Waals surface area contributed by atoms with Crippen LogP contribution in [0.4, 0.5) is 4.39 Å². The van der Waals surface area contributed by atoms with Crippen LogP contribution in [-0.4, -0.2) is 14.7 Å². The van der Waals surface area contributed by atoms with Gasteiger partial charge in [0, 0.05) is 5.56 Å². The fraction of sp³-hybridized carbons (Fsp3) is 0.462. The number of benzene rings is 1. The molecule has 4 heteroatoms. The van der Waals surface area contributed by atoms with Crippen LogP contribution in [0.3, 0.4) is 0 Å². The van der Waals surface area contributed by atoms with E-state index < -0.39 is 15.7 Å². The van der Waals surface area contributed by atoms with Crippen LogP contribution in [0.2, 0.25) is 0 Å². The monoisotopic (exact) mass is 255 g/mol. The number of nitrogens with zero attached hydrogens (tertiary/aromatic N) is 1. The molecule has 0 fully saturated rings. The molecule has 1 aromatic carbocycles. The lowest BCUT2D eigenvalue weighted by Crippen LogP contribution is -2.20. The third-order valence-corrected chi connectivity index (χ3v) is 3.81. The van der Waals surface area contributed by atoms with Crippen LogP contribution in [-0.2, 0) is 11.0 Å². The largest absolute Gasteiger partial charge is 0.234 e. The van der Waals surface area contributed by atoms with E-state index in [-0.39, 0.29) is 5.82 Å². The molecule has 0 aliphatic heterocycles. The topological polar surface area (TPSA) is 29.4 Å². The van der Waals surface area contributed by atoms with E-state index in [0.717, 1.165) is 0 Å². The molecule has 1 rings (SSSR count). The molecular weight excluding hydrogens is 237 g/mol. The molecule has 1 aromatic rings. The van der Waals surface area contributed by atoms with Crippen molar-refractivity contribution in [3.05, 3.63) is 35.1 Å². The maximum Gasteiger partial charge on any atom is 0.145 e. The first-order chi connectivity index (χ1) is 7.73. The Labute approximate surface area is 105 Å². The van der Waals surface area contributed by atoms with Gasteiger partial charge >= 0.3 is 0 Å². The van der Waals surface area contributed by atoms with Crippen molar-refractivity contribution in [2.45, 2.75) is 39.4 Å². The van der Waals surface area contributed by atoms with Crippen molar-refractivity contribution in [1.29, 1.82) is 0 Å². The van der Waals surface area contributed by atoms with Crippen molar-refractivity contribution in [2.24, 2.45) is 4.40 Å². The molecule has 94 valence electrons. The molecule has 0 bridgehead atoms. The molecule has 0 aromatic heterocycles. The molecule has 1 atom stereocenters. The van der Waals surface area contributed by atoms with Gasteiger partial charge in [-0.1, -0.05) is 18.2 Å². The summed E-state index contributed by atoms with van der Waals surface area (Å²) < 4.78 is 29.3. The predicted octanol–water partition coefficient (Wildman–Crippen LogP) is 3.41. The Morgan fingerprint density at radius 1 is 1.35 bits per heavy atom. The van der Waals surface area contributed by atoms with Gasteiger partial charge in [0.1, 0.15) is 16.8 Å². The van der Waals surface area contributed by atoms with Crippen molar-refractivity contribution in [1.82, 2.24) is 0 Å². The number of halogens is 1. The Bertz CT molecular complexity index is 475. The SMILES string of the molecule is CC(=NS(=O)C(C)(C)C)c1cccc(C)c1F. The normalized spacial score (nSPS) is 14.8. The van der Waals surface area contributed by atoms with Crippen LogP contribution >= 0.6 is 0 Å². The third kappa shape index (κ3) is 3.46. The summed E-state index contributed by atoms with van der Waals surface area (Å²) in [5, 5.41) is 0. The summed E-state index contributed by atoms with van der Waals surface area (Å²) in [5.74, 6) is -0.292. The number of aryl methyl sites for hydroxylation is 1. The zero-order valence-electron chi connectivity index (χ0n) is 10.9. The van der Waals surface area contributed by atoms with Gasteiger partial charge in [-0.3, -0.25) is 0 Å². The lowest BCUT2D eigenvalue weighted by Gasteiger charge is -2.14. The Morgan fingerprint density at radius 3 is 2.47 bits per heavy atom. The summed E-state index contributed by atoms with van der Waals surface area (Å²) in [5.41, 5.74) is 1.46. The van der Waals surface area contributed by atoms with Gasteiger partial charge in [0.25, 0.3) is 0 Å². The van der Waals surface area contributed by atoms with E-state index in [0.29, 0.717) is 16.8 Å². The van der Waals surface area contributed by atoms with Gasteiger partial charge in [-0.05, 0) is 40.2 Å². The van der Waals surface area contributed by atoms with Crippen molar-refractivity contribution in [2.75, 3.05) is 0 Å². The van der Waals surface area contributed by atoms with Gasteiger partial charge in [-0.15, -0.1) is 0 Å². The molecule has 0 radical (unpaired) electrons.